The Kier molecular flexibility index (Phi) is 7.38. The molecule has 0 aliphatic rings. The molecule has 0 unspecified atom stereocenters. The molecule has 0 aliphatic carbocycles. The molecule has 0 radical (unpaired) electrons. The van der Waals surface area contributed by atoms with Gasteiger partial charge in [-0.2, -0.15) is 5.10 Å². The molecule has 2 aromatic carbocycles. The first-order chi connectivity index (χ1) is 18.4. The van der Waals surface area contributed by atoms with Gasteiger partial charge in [0.25, 0.3) is 11.6 Å². The first kappa shape index (κ1) is 27.3. The number of hydrogen-bond donors (Lipinski definition) is 1. The third-order valence-electron chi connectivity index (χ3n) is 5.86. The van der Waals surface area contributed by atoms with E-state index in [-0.39, 0.29) is 40.9 Å². The van der Waals surface area contributed by atoms with Crippen molar-refractivity contribution in [1.29, 1.82) is 0 Å². The zero-order chi connectivity index (χ0) is 28.6. The molecule has 4 aromatic rings. The first-order valence-corrected chi connectivity index (χ1v) is 11.2. The molecule has 14 heteroatoms. The number of anilines is 1. The van der Waals surface area contributed by atoms with E-state index in [0.717, 1.165) is 4.68 Å². The van der Waals surface area contributed by atoms with E-state index in [1.807, 2.05) is 0 Å². The molecule has 0 saturated carbocycles. The lowest BCUT2D eigenvalue weighted by molar-refractivity contribution is -0.385. The van der Waals surface area contributed by atoms with Crippen molar-refractivity contribution < 1.29 is 40.8 Å². The average Bonchev–Trinajstić information content (AvgIpc) is 3.47. The fourth-order valence-electron chi connectivity index (χ4n) is 3.80. The summed E-state index contributed by atoms with van der Waals surface area (Å²) in [6.07, 6.45) is 0. The van der Waals surface area contributed by atoms with E-state index in [1.54, 1.807) is 6.92 Å². The molecule has 4 rings (SSSR count). The van der Waals surface area contributed by atoms with Crippen molar-refractivity contribution in [3.63, 3.8) is 0 Å². The predicted molar refractivity (Wildman–Crippen MR) is 126 cm³/mol. The second-order valence-corrected chi connectivity index (χ2v) is 8.47. The van der Waals surface area contributed by atoms with Gasteiger partial charge >= 0.3 is 0 Å². The normalized spacial score (nSPS) is 11.1. The van der Waals surface area contributed by atoms with Crippen LogP contribution in [0.5, 0.6) is 5.75 Å². The van der Waals surface area contributed by atoms with Crippen LogP contribution in [0.15, 0.2) is 34.7 Å². The first-order valence-electron chi connectivity index (χ1n) is 11.2. The molecule has 0 aliphatic heterocycles. The number of halogens is 5. The highest BCUT2D eigenvalue weighted by atomic mass is 19.2. The Hall–Kier alpha value is -4.75. The van der Waals surface area contributed by atoms with E-state index in [1.165, 1.54) is 44.2 Å². The van der Waals surface area contributed by atoms with Crippen LogP contribution >= 0.6 is 0 Å². The van der Waals surface area contributed by atoms with Crippen molar-refractivity contribution in [3.05, 3.63) is 104 Å². The van der Waals surface area contributed by atoms with Crippen LogP contribution in [0, 0.1) is 60.0 Å². The summed E-state index contributed by atoms with van der Waals surface area (Å²) in [6, 6.07) is 7.09. The molecule has 204 valence electrons. The summed E-state index contributed by atoms with van der Waals surface area (Å²) in [7, 11) is 0. The molecule has 1 amide bonds. The Morgan fingerprint density at radius 1 is 1.03 bits per heavy atom. The molecular weight excluding hydrogens is 531 g/mol. The summed E-state index contributed by atoms with van der Waals surface area (Å²) >= 11 is 0. The van der Waals surface area contributed by atoms with Crippen molar-refractivity contribution >= 4 is 17.3 Å². The average molecular weight is 550 g/mol. The Bertz CT molecular complexity index is 1590. The van der Waals surface area contributed by atoms with Crippen molar-refractivity contribution in [2.75, 3.05) is 5.32 Å². The smallest absolute Gasteiger partial charge is 0.291 e. The number of nitrogens with one attached hydrogen (secondary N) is 1. The molecule has 2 aromatic heterocycles. The van der Waals surface area contributed by atoms with E-state index in [9.17, 15) is 36.9 Å². The highest BCUT2D eigenvalue weighted by molar-refractivity contribution is 6.02. The molecular formula is C25H19F5N4O5. The number of nitro groups is 1. The Morgan fingerprint density at radius 3 is 2.28 bits per heavy atom. The third-order valence-corrected chi connectivity index (χ3v) is 5.86. The molecule has 0 spiro atoms. The summed E-state index contributed by atoms with van der Waals surface area (Å²) in [5.74, 6) is -10.5. The maximum atomic E-state index is 14.1. The van der Waals surface area contributed by atoms with E-state index >= 15 is 0 Å². The van der Waals surface area contributed by atoms with E-state index in [4.69, 9.17) is 9.15 Å². The van der Waals surface area contributed by atoms with Gasteiger partial charge < -0.3 is 14.5 Å². The van der Waals surface area contributed by atoms with Gasteiger partial charge in [0, 0.05) is 11.6 Å². The predicted octanol–water partition coefficient (Wildman–Crippen LogP) is 5.88. The maximum absolute atomic E-state index is 14.1. The van der Waals surface area contributed by atoms with Gasteiger partial charge in [-0.1, -0.05) is 0 Å². The quantitative estimate of drug-likeness (QED) is 0.0964. The summed E-state index contributed by atoms with van der Waals surface area (Å²) < 4.78 is 80.8. The molecule has 0 saturated heterocycles. The molecule has 0 atom stereocenters. The lowest BCUT2D eigenvalue weighted by Gasteiger charge is -2.10. The minimum atomic E-state index is -2.26. The second-order valence-electron chi connectivity index (χ2n) is 8.47. The number of benzene rings is 2. The number of rotatable bonds is 8. The molecule has 0 bridgehead atoms. The fraction of sp³-hybridized carbons (Fsp3) is 0.200. The van der Waals surface area contributed by atoms with Crippen molar-refractivity contribution in [2.24, 2.45) is 0 Å². The number of ether oxygens (including phenoxy) is 1. The van der Waals surface area contributed by atoms with Crippen LogP contribution in [-0.2, 0) is 13.2 Å². The Labute approximate surface area is 216 Å². The minimum absolute atomic E-state index is 0.0551. The number of nitro benzene ring substituents is 1. The fourth-order valence-corrected chi connectivity index (χ4v) is 3.80. The van der Waals surface area contributed by atoms with Gasteiger partial charge in [-0.05, 0) is 45.0 Å². The van der Waals surface area contributed by atoms with Crippen LogP contribution in [0.25, 0.3) is 0 Å². The molecule has 39 heavy (non-hydrogen) atoms. The van der Waals surface area contributed by atoms with Crippen molar-refractivity contribution in [2.45, 2.75) is 33.9 Å². The van der Waals surface area contributed by atoms with Crippen LogP contribution < -0.4 is 10.1 Å². The number of aromatic nitrogens is 2. The number of carbonyl (C=O) groups excluding carboxylic acids is 1. The number of furan rings is 1. The van der Waals surface area contributed by atoms with E-state index in [2.05, 4.69) is 10.4 Å². The van der Waals surface area contributed by atoms with Gasteiger partial charge in [0.15, 0.2) is 29.0 Å². The monoisotopic (exact) mass is 550 g/mol. The number of amides is 1. The lowest BCUT2D eigenvalue weighted by atomic mass is 10.1. The highest BCUT2D eigenvalue weighted by Gasteiger charge is 2.27. The number of carbonyl (C=O) groups is 1. The van der Waals surface area contributed by atoms with Crippen molar-refractivity contribution in [3.8, 4) is 5.75 Å². The number of aryl methyl sites for hydroxylation is 2. The summed E-state index contributed by atoms with van der Waals surface area (Å²) in [4.78, 5) is 23.2. The minimum Gasteiger partial charge on any atom is -0.486 e. The van der Waals surface area contributed by atoms with Gasteiger partial charge in [0.05, 0.1) is 34.1 Å². The van der Waals surface area contributed by atoms with Crippen LogP contribution in [0.1, 0.15) is 38.8 Å². The third kappa shape index (κ3) is 5.30. The largest absolute Gasteiger partial charge is 0.486 e. The Balaban J connectivity index is 1.46. The number of nitrogens with zero attached hydrogens (tertiary/aromatic N) is 3. The van der Waals surface area contributed by atoms with Crippen LogP contribution in [-0.4, -0.2) is 20.6 Å². The summed E-state index contributed by atoms with van der Waals surface area (Å²) in [5.41, 5.74) is -0.168. The highest BCUT2D eigenvalue weighted by Crippen LogP contribution is 2.27. The van der Waals surface area contributed by atoms with Gasteiger partial charge in [0.1, 0.15) is 18.1 Å². The van der Waals surface area contributed by atoms with E-state index < -0.39 is 52.0 Å². The van der Waals surface area contributed by atoms with Gasteiger partial charge in [-0.15, -0.1) is 0 Å². The maximum Gasteiger partial charge on any atom is 0.291 e. The topological polar surface area (TPSA) is 112 Å². The molecule has 1 N–H and O–H groups in total. The van der Waals surface area contributed by atoms with Crippen LogP contribution in [0.4, 0.5) is 33.3 Å². The van der Waals surface area contributed by atoms with Gasteiger partial charge in [-0.25, -0.2) is 22.0 Å². The number of hydrogen-bond acceptors (Lipinski definition) is 6. The SMILES string of the molecule is Cc1cc(OCc2ccc(C(=O)Nc3c(C)nn(Cc4c(F)c(F)c(F)c(F)c4F)c3C)o2)ccc1[N+](=O)[O-]. The summed E-state index contributed by atoms with van der Waals surface area (Å²) in [5, 5.41) is 17.5. The molecule has 2 heterocycles. The van der Waals surface area contributed by atoms with Crippen molar-refractivity contribution in [1.82, 2.24) is 9.78 Å². The van der Waals surface area contributed by atoms with Crippen LogP contribution in [0.3, 0.4) is 0 Å². The summed E-state index contributed by atoms with van der Waals surface area (Å²) in [6.45, 7) is 3.62. The zero-order valence-electron chi connectivity index (χ0n) is 20.6. The standard InChI is InChI=1S/C25H19F5N4O5/c1-11-8-14(4-6-17(11)34(36)37)38-10-15-5-7-18(39-15)25(35)31-24-12(2)32-33(13(24)3)9-16-19(26)21(28)23(30)22(29)20(16)27/h4-8H,9-10H2,1-3H3,(H,31,35). The van der Waals surface area contributed by atoms with E-state index in [0.29, 0.717) is 11.3 Å². The van der Waals surface area contributed by atoms with Crippen LogP contribution in [0.2, 0.25) is 0 Å². The lowest BCUT2D eigenvalue weighted by Crippen LogP contribution is -2.14. The zero-order valence-corrected chi connectivity index (χ0v) is 20.6. The molecule has 0 fully saturated rings. The van der Waals surface area contributed by atoms with Gasteiger partial charge in [0.2, 0.25) is 5.82 Å². The second kappa shape index (κ2) is 10.6. The van der Waals surface area contributed by atoms with Gasteiger partial charge in [-0.3, -0.25) is 19.6 Å². The molecule has 9 nitrogen and oxygen atoms in total. The Morgan fingerprint density at radius 2 is 1.67 bits per heavy atom.